The maximum Gasteiger partial charge on any atom is 0.163 e. The van der Waals surface area contributed by atoms with E-state index < -0.39 is 0 Å². The number of hydrogen-bond acceptors (Lipinski definition) is 3. The monoisotopic (exact) mass is 226 g/mol. The Hall–Kier alpha value is -1.06. The molecule has 0 atom stereocenters. The quantitative estimate of drug-likeness (QED) is 0.734. The average molecular weight is 227 g/mol. The van der Waals surface area contributed by atoms with Crippen LogP contribution in [0.15, 0.2) is 18.2 Å². The molecule has 0 saturated carbocycles. The number of halogens is 1. The molecule has 0 unspecified atom stereocenters. The molecule has 72 valence electrons. The van der Waals surface area contributed by atoms with Crippen molar-refractivity contribution in [2.24, 2.45) is 0 Å². The van der Waals surface area contributed by atoms with E-state index in [1.807, 2.05) is 12.1 Å². The largest absolute Gasteiger partial charge is 0.494 e. The van der Waals surface area contributed by atoms with Crippen LogP contribution in [0.2, 0.25) is 5.02 Å². The summed E-state index contributed by atoms with van der Waals surface area (Å²) >= 11 is 7.41. The minimum absolute atomic E-state index is 0.575. The van der Waals surface area contributed by atoms with Crippen molar-refractivity contribution in [2.75, 3.05) is 7.11 Å². The molecule has 0 aliphatic heterocycles. The molecule has 1 heterocycles. The Balaban J connectivity index is 2.88. The van der Waals surface area contributed by atoms with Crippen molar-refractivity contribution in [3.63, 3.8) is 0 Å². The molecule has 0 N–H and O–H groups in total. The predicted molar refractivity (Wildman–Crippen MR) is 58.8 cm³/mol. The van der Waals surface area contributed by atoms with Crippen LogP contribution in [-0.2, 0) is 0 Å². The molecule has 0 amide bonds. The second kappa shape index (κ2) is 3.59. The van der Waals surface area contributed by atoms with E-state index in [2.05, 4.69) is 0 Å². The molecule has 2 nitrogen and oxygen atoms in total. The molecule has 14 heavy (non-hydrogen) atoms. The van der Waals surface area contributed by atoms with Crippen molar-refractivity contribution in [3.8, 4) is 5.75 Å². The first-order valence-electron chi connectivity index (χ1n) is 3.98. The summed E-state index contributed by atoms with van der Waals surface area (Å²) < 4.78 is 6.13. The fourth-order valence-corrected chi connectivity index (χ4v) is 2.71. The van der Waals surface area contributed by atoms with Gasteiger partial charge in [-0.2, -0.15) is 0 Å². The lowest BCUT2D eigenvalue weighted by atomic mass is 10.2. The average Bonchev–Trinajstić information content (AvgIpc) is 2.56. The summed E-state index contributed by atoms with van der Waals surface area (Å²) in [7, 11) is 1.54. The van der Waals surface area contributed by atoms with E-state index >= 15 is 0 Å². The number of thiophene rings is 1. The van der Waals surface area contributed by atoms with Crippen LogP contribution in [-0.4, -0.2) is 13.4 Å². The molecule has 1 aromatic carbocycles. The van der Waals surface area contributed by atoms with Crippen LogP contribution in [0.3, 0.4) is 0 Å². The van der Waals surface area contributed by atoms with Crippen LogP contribution in [0, 0.1) is 0 Å². The normalized spacial score (nSPS) is 10.4. The number of hydrogen-bond donors (Lipinski definition) is 0. The Bertz CT molecular complexity index is 490. The van der Waals surface area contributed by atoms with Crippen molar-refractivity contribution in [1.29, 1.82) is 0 Å². The number of aldehydes is 1. The molecule has 0 saturated heterocycles. The molecule has 0 radical (unpaired) electrons. The highest BCUT2D eigenvalue weighted by Gasteiger charge is 2.14. The van der Waals surface area contributed by atoms with Crippen LogP contribution in [0.1, 0.15) is 9.67 Å². The maximum atomic E-state index is 10.8. The fourth-order valence-electron chi connectivity index (χ4n) is 1.38. The van der Waals surface area contributed by atoms with E-state index in [9.17, 15) is 4.79 Å². The summed E-state index contributed by atoms with van der Waals surface area (Å²) in [5.41, 5.74) is 0. The van der Waals surface area contributed by atoms with E-state index in [-0.39, 0.29) is 0 Å². The van der Waals surface area contributed by atoms with Crippen molar-refractivity contribution >= 4 is 39.3 Å². The van der Waals surface area contributed by atoms with Crippen molar-refractivity contribution in [3.05, 3.63) is 28.1 Å². The number of methoxy groups -OCH3 is 1. The van der Waals surface area contributed by atoms with Gasteiger partial charge in [0, 0.05) is 4.70 Å². The highest BCUT2D eigenvalue weighted by Crippen LogP contribution is 2.40. The van der Waals surface area contributed by atoms with Gasteiger partial charge in [-0.25, -0.2) is 0 Å². The van der Waals surface area contributed by atoms with Gasteiger partial charge >= 0.3 is 0 Å². The Morgan fingerprint density at radius 1 is 1.50 bits per heavy atom. The topological polar surface area (TPSA) is 26.3 Å². The molecule has 0 bridgehead atoms. The molecule has 0 aliphatic rings. The number of rotatable bonds is 2. The van der Waals surface area contributed by atoms with Crippen LogP contribution in [0.4, 0.5) is 0 Å². The minimum Gasteiger partial charge on any atom is -0.494 e. The SMILES string of the molecule is COc1c(C=O)sc2cccc(Cl)c12. The zero-order valence-electron chi connectivity index (χ0n) is 7.41. The van der Waals surface area contributed by atoms with Gasteiger partial charge in [-0.3, -0.25) is 4.79 Å². The number of carbonyl (C=O) groups excluding carboxylic acids is 1. The number of carbonyl (C=O) groups is 1. The van der Waals surface area contributed by atoms with Gasteiger partial charge in [0.25, 0.3) is 0 Å². The lowest BCUT2D eigenvalue weighted by molar-refractivity contribution is 0.112. The van der Waals surface area contributed by atoms with Crippen LogP contribution in [0.25, 0.3) is 10.1 Å². The Morgan fingerprint density at radius 2 is 2.29 bits per heavy atom. The standard InChI is InChI=1S/C10H7ClO2S/c1-13-10-8(5-12)14-7-4-2-3-6(11)9(7)10/h2-5H,1H3. The summed E-state index contributed by atoms with van der Waals surface area (Å²) in [5.74, 6) is 0.575. The maximum absolute atomic E-state index is 10.8. The molecule has 1 aromatic heterocycles. The third-order valence-corrected chi connectivity index (χ3v) is 3.33. The Kier molecular flexibility index (Phi) is 2.44. The van der Waals surface area contributed by atoms with Crippen molar-refractivity contribution in [2.45, 2.75) is 0 Å². The molecule has 2 aromatic rings. The lowest BCUT2D eigenvalue weighted by Gasteiger charge is -1.99. The highest BCUT2D eigenvalue weighted by atomic mass is 35.5. The fraction of sp³-hybridized carbons (Fsp3) is 0.100. The molecule has 0 aliphatic carbocycles. The first-order valence-corrected chi connectivity index (χ1v) is 5.17. The predicted octanol–water partition coefficient (Wildman–Crippen LogP) is 3.38. The summed E-state index contributed by atoms with van der Waals surface area (Å²) in [6.45, 7) is 0. The smallest absolute Gasteiger partial charge is 0.163 e. The highest BCUT2D eigenvalue weighted by molar-refractivity contribution is 7.21. The van der Waals surface area contributed by atoms with Gasteiger partial charge in [-0.1, -0.05) is 17.7 Å². The third-order valence-electron chi connectivity index (χ3n) is 1.96. The summed E-state index contributed by atoms with van der Waals surface area (Å²) in [6, 6.07) is 5.56. The van der Waals surface area contributed by atoms with E-state index in [1.54, 1.807) is 6.07 Å². The molecule has 0 spiro atoms. The van der Waals surface area contributed by atoms with Crippen molar-refractivity contribution < 1.29 is 9.53 Å². The van der Waals surface area contributed by atoms with Crippen LogP contribution >= 0.6 is 22.9 Å². The molecular weight excluding hydrogens is 220 g/mol. The first kappa shape index (κ1) is 9.49. The van der Waals surface area contributed by atoms with E-state index in [1.165, 1.54) is 18.4 Å². The van der Waals surface area contributed by atoms with Gasteiger partial charge in [-0.05, 0) is 12.1 Å². The van der Waals surface area contributed by atoms with Gasteiger partial charge in [0.2, 0.25) is 0 Å². The molecule has 4 heteroatoms. The molecule has 0 fully saturated rings. The van der Waals surface area contributed by atoms with Gasteiger partial charge in [-0.15, -0.1) is 11.3 Å². The van der Waals surface area contributed by atoms with E-state index in [0.29, 0.717) is 15.6 Å². The van der Waals surface area contributed by atoms with E-state index in [4.69, 9.17) is 16.3 Å². The second-order valence-corrected chi connectivity index (χ2v) is 4.22. The summed E-state index contributed by atoms with van der Waals surface area (Å²) in [5, 5.41) is 1.44. The van der Waals surface area contributed by atoms with Crippen LogP contribution in [0.5, 0.6) is 5.75 Å². The Morgan fingerprint density at radius 3 is 2.93 bits per heavy atom. The third kappa shape index (κ3) is 1.29. The molecular formula is C10H7ClO2S. The Labute approximate surface area is 90.1 Å². The summed E-state index contributed by atoms with van der Waals surface area (Å²) in [4.78, 5) is 11.3. The first-order chi connectivity index (χ1) is 6.77. The van der Waals surface area contributed by atoms with Gasteiger partial charge in [0.1, 0.15) is 10.6 Å². The number of ether oxygens (including phenoxy) is 1. The van der Waals surface area contributed by atoms with Gasteiger partial charge in [0.05, 0.1) is 17.5 Å². The van der Waals surface area contributed by atoms with Crippen LogP contribution < -0.4 is 4.74 Å². The van der Waals surface area contributed by atoms with Gasteiger partial charge < -0.3 is 4.74 Å². The molecule has 2 rings (SSSR count). The number of benzene rings is 1. The number of fused-ring (bicyclic) bond motifs is 1. The van der Waals surface area contributed by atoms with E-state index in [0.717, 1.165) is 16.4 Å². The summed E-state index contributed by atoms with van der Waals surface area (Å²) in [6.07, 6.45) is 0.791. The van der Waals surface area contributed by atoms with Crippen molar-refractivity contribution in [1.82, 2.24) is 0 Å². The zero-order valence-corrected chi connectivity index (χ0v) is 8.98. The zero-order chi connectivity index (χ0) is 10.1. The van der Waals surface area contributed by atoms with Gasteiger partial charge in [0.15, 0.2) is 6.29 Å². The minimum atomic E-state index is 0.575. The second-order valence-electron chi connectivity index (χ2n) is 2.73. The lowest BCUT2D eigenvalue weighted by Crippen LogP contribution is -1.84.